The number of nitrogens with zero attached hydrogens (tertiary/aromatic N) is 1. The maximum absolute atomic E-state index is 10.9. The summed E-state index contributed by atoms with van der Waals surface area (Å²) in [5.74, 6) is -0.967. The van der Waals surface area contributed by atoms with Crippen LogP contribution in [-0.2, 0) is 11.2 Å². The van der Waals surface area contributed by atoms with E-state index in [0.29, 0.717) is 17.9 Å². The van der Waals surface area contributed by atoms with Crippen molar-refractivity contribution in [3.05, 3.63) is 17.2 Å². The molecule has 0 aliphatic heterocycles. The number of carboxylic acids is 1. The third kappa shape index (κ3) is 2.82. The number of hydrogen-bond acceptors (Lipinski definition) is 3. The molecule has 0 saturated carbocycles. The Labute approximate surface area is 92.9 Å². The Balaban J connectivity index is 2.93. The fourth-order valence-electron chi connectivity index (χ4n) is 1.38. The summed E-state index contributed by atoms with van der Waals surface area (Å²) in [5.41, 5.74) is 5.61. The van der Waals surface area contributed by atoms with Crippen molar-refractivity contribution in [2.75, 3.05) is 0 Å². The Kier molecular flexibility index (Phi) is 3.65. The second kappa shape index (κ2) is 4.78. The van der Waals surface area contributed by atoms with Crippen LogP contribution in [0.15, 0.2) is 0 Å². The Morgan fingerprint density at radius 1 is 1.50 bits per heavy atom. The standard InChI is InChI=1S/C10H15N3O3/c1-5(2)8-9(10(15)16)13-7(12-8)4-3-6(11)14/h5H,3-4H2,1-2H3,(H2,11,14)(H,12,13)(H,15,16). The minimum atomic E-state index is -1.06. The number of carbonyl (C=O) groups excluding carboxylic acids is 1. The lowest BCUT2D eigenvalue weighted by Crippen LogP contribution is -2.11. The molecule has 6 nitrogen and oxygen atoms in total. The normalized spacial score (nSPS) is 10.7. The van der Waals surface area contributed by atoms with Gasteiger partial charge in [0.1, 0.15) is 5.82 Å². The third-order valence-corrected chi connectivity index (χ3v) is 2.17. The Morgan fingerprint density at radius 3 is 2.50 bits per heavy atom. The molecule has 1 amide bonds. The number of carboxylic acid groups (broad SMARTS) is 1. The van der Waals surface area contributed by atoms with E-state index >= 15 is 0 Å². The number of imidazole rings is 1. The molecule has 1 rings (SSSR count). The highest BCUT2D eigenvalue weighted by Gasteiger charge is 2.18. The van der Waals surface area contributed by atoms with Crippen LogP contribution in [0.5, 0.6) is 0 Å². The van der Waals surface area contributed by atoms with E-state index in [0.717, 1.165) is 0 Å². The summed E-state index contributed by atoms with van der Waals surface area (Å²) in [7, 11) is 0. The van der Waals surface area contributed by atoms with Crippen LogP contribution < -0.4 is 5.73 Å². The first-order valence-electron chi connectivity index (χ1n) is 5.02. The molecule has 0 aromatic carbocycles. The number of carbonyl (C=O) groups is 2. The molecule has 0 saturated heterocycles. The van der Waals surface area contributed by atoms with Gasteiger partial charge >= 0.3 is 5.97 Å². The molecule has 1 aromatic rings. The van der Waals surface area contributed by atoms with Crippen molar-refractivity contribution < 1.29 is 14.7 Å². The van der Waals surface area contributed by atoms with Crippen LogP contribution in [0.2, 0.25) is 0 Å². The summed E-state index contributed by atoms with van der Waals surface area (Å²) in [6.45, 7) is 3.75. The fraction of sp³-hybridized carbons (Fsp3) is 0.500. The van der Waals surface area contributed by atoms with Crippen molar-refractivity contribution >= 4 is 11.9 Å². The van der Waals surface area contributed by atoms with Gasteiger partial charge in [0.05, 0.1) is 5.69 Å². The molecule has 16 heavy (non-hydrogen) atoms. The molecule has 1 heterocycles. The Bertz CT molecular complexity index is 409. The Hall–Kier alpha value is -1.85. The molecule has 0 aliphatic carbocycles. The summed E-state index contributed by atoms with van der Waals surface area (Å²) in [6.07, 6.45) is 0.493. The molecule has 88 valence electrons. The van der Waals surface area contributed by atoms with Crippen LogP contribution in [-0.4, -0.2) is 27.0 Å². The van der Waals surface area contributed by atoms with Gasteiger partial charge in [-0.05, 0) is 5.92 Å². The fourth-order valence-corrected chi connectivity index (χ4v) is 1.38. The zero-order valence-electron chi connectivity index (χ0n) is 9.28. The quantitative estimate of drug-likeness (QED) is 0.683. The molecule has 0 aliphatic rings. The number of H-pyrrole nitrogens is 1. The SMILES string of the molecule is CC(C)c1[nH]c(CCC(N)=O)nc1C(=O)O. The van der Waals surface area contributed by atoms with Crippen molar-refractivity contribution in [2.45, 2.75) is 32.6 Å². The van der Waals surface area contributed by atoms with Crippen molar-refractivity contribution in [3.8, 4) is 0 Å². The van der Waals surface area contributed by atoms with Gasteiger partial charge in [-0.3, -0.25) is 4.79 Å². The topological polar surface area (TPSA) is 109 Å². The number of primary amides is 1. The largest absolute Gasteiger partial charge is 0.476 e. The van der Waals surface area contributed by atoms with Crippen LogP contribution in [0.4, 0.5) is 0 Å². The summed E-state index contributed by atoms with van der Waals surface area (Å²) >= 11 is 0. The number of aromatic carboxylic acids is 1. The first-order valence-corrected chi connectivity index (χ1v) is 5.02. The molecule has 0 fully saturated rings. The summed E-state index contributed by atoms with van der Waals surface area (Å²) in [4.78, 5) is 28.4. The van der Waals surface area contributed by atoms with Crippen LogP contribution in [0.25, 0.3) is 0 Å². The van der Waals surface area contributed by atoms with E-state index in [9.17, 15) is 9.59 Å². The van der Waals surface area contributed by atoms with Crippen molar-refractivity contribution in [1.29, 1.82) is 0 Å². The number of hydrogen-bond donors (Lipinski definition) is 3. The van der Waals surface area contributed by atoms with Crippen LogP contribution in [0.3, 0.4) is 0 Å². The van der Waals surface area contributed by atoms with Gasteiger partial charge in [0, 0.05) is 12.8 Å². The number of rotatable bonds is 5. The second-order valence-electron chi connectivity index (χ2n) is 3.87. The number of aryl methyl sites for hydroxylation is 1. The smallest absolute Gasteiger partial charge is 0.356 e. The van der Waals surface area contributed by atoms with Gasteiger partial charge in [0.25, 0.3) is 0 Å². The zero-order valence-corrected chi connectivity index (χ0v) is 9.28. The lowest BCUT2D eigenvalue weighted by molar-refractivity contribution is -0.118. The van der Waals surface area contributed by atoms with Gasteiger partial charge in [-0.15, -0.1) is 0 Å². The Morgan fingerprint density at radius 2 is 2.12 bits per heavy atom. The first-order chi connectivity index (χ1) is 7.41. The van der Waals surface area contributed by atoms with Crippen molar-refractivity contribution in [1.82, 2.24) is 9.97 Å². The average molecular weight is 225 g/mol. The molecule has 0 bridgehead atoms. The minimum Gasteiger partial charge on any atom is -0.476 e. The highest BCUT2D eigenvalue weighted by Crippen LogP contribution is 2.17. The maximum Gasteiger partial charge on any atom is 0.356 e. The van der Waals surface area contributed by atoms with Gasteiger partial charge in [-0.25, -0.2) is 9.78 Å². The van der Waals surface area contributed by atoms with Crippen LogP contribution >= 0.6 is 0 Å². The monoisotopic (exact) mass is 225 g/mol. The van der Waals surface area contributed by atoms with Gasteiger partial charge < -0.3 is 15.8 Å². The predicted octanol–water partition coefficient (Wildman–Crippen LogP) is 0.649. The van der Waals surface area contributed by atoms with E-state index < -0.39 is 11.9 Å². The third-order valence-electron chi connectivity index (χ3n) is 2.17. The number of amides is 1. The molecular weight excluding hydrogens is 210 g/mol. The molecule has 4 N–H and O–H groups in total. The van der Waals surface area contributed by atoms with E-state index in [1.807, 2.05) is 13.8 Å². The molecule has 0 radical (unpaired) electrons. The highest BCUT2D eigenvalue weighted by molar-refractivity contribution is 5.87. The van der Waals surface area contributed by atoms with Gasteiger partial charge in [0.15, 0.2) is 5.69 Å². The van der Waals surface area contributed by atoms with Crippen LogP contribution in [0, 0.1) is 0 Å². The number of nitrogens with one attached hydrogen (secondary N) is 1. The predicted molar refractivity (Wildman–Crippen MR) is 57.2 cm³/mol. The molecule has 6 heteroatoms. The van der Waals surface area contributed by atoms with Gasteiger partial charge in [0.2, 0.25) is 5.91 Å². The molecule has 0 spiro atoms. The van der Waals surface area contributed by atoms with E-state index in [1.54, 1.807) is 0 Å². The summed E-state index contributed by atoms with van der Waals surface area (Å²) < 4.78 is 0. The van der Waals surface area contributed by atoms with Crippen molar-refractivity contribution in [3.63, 3.8) is 0 Å². The molecule has 0 atom stereocenters. The van der Waals surface area contributed by atoms with Crippen molar-refractivity contribution in [2.24, 2.45) is 5.73 Å². The minimum absolute atomic E-state index is 0.0227. The highest BCUT2D eigenvalue weighted by atomic mass is 16.4. The van der Waals surface area contributed by atoms with Gasteiger partial charge in [-0.1, -0.05) is 13.8 Å². The number of aromatic nitrogens is 2. The van der Waals surface area contributed by atoms with E-state index in [2.05, 4.69) is 9.97 Å². The lowest BCUT2D eigenvalue weighted by Gasteiger charge is -2.01. The maximum atomic E-state index is 10.9. The van der Waals surface area contributed by atoms with Gasteiger partial charge in [-0.2, -0.15) is 0 Å². The molecular formula is C10H15N3O3. The summed E-state index contributed by atoms with van der Waals surface area (Å²) in [5, 5.41) is 8.93. The number of aromatic amines is 1. The van der Waals surface area contributed by atoms with E-state index in [1.165, 1.54) is 0 Å². The lowest BCUT2D eigenvalue weighted by atomic mass is 10.1. The number of nitrogens with two attached hydrogens (primary N) is 1. The van der Waals surface area contributed by atoms with E-state index in [-0.39, 0.29) is 18.0 Å². The van der Waals surface area contributed by atoms with E-state index in [4.69, 9.17) is 10.8 Å². The zero-order chi connectivity index (χ0) is 12.3. The molecule has 0 unspecified atom stereocenters. The second-order valence-corrected chi connectivity index (χ2v) is 3.87. The summed E-state index contributed by atoms with van der Waals surface area (Å²) in [6, 6.07) is 0. The average Bonchev–Trinajstić information content (AvgIpc) is 2.58. The molecule has 1 aromatic heterocycles. The first kappa shape index (κ1) is 12.2. The van der Waals surface area contributed by atoms with Crippen LogP contribution in [0.1, 0.15) is 48.2 Å².